The van der Waals surface area contributed by atoms with Crippen molar-refractivity contribution in [2.75, 3.05) is 13.3 Å². The largest absolute Gasteiger partial charge is 0.311 e. The topological polar surface area (TPSA) is 105 Å². The van der Waals surface area contributed by atoms with Gasteiger partial charge in [-0.05, 0) is 0 Å². The molecule has 8 nitrogen and oxygen atoms in total. The van der Waals surface area contributed by atoms with Crippen LogP contribution in [-0.4, -0.2) is 29.6 Å². The molecule has 9 heteroatoms. The van der Waals surface area contributed by atoms with Crippen LogP contribution in [0.1, 0.15) is 0 Å². The summed E-state index contributed by atoms with van der Waals surface area (Å²) in [7, 11) is 0. The summed E-state index contributed by atoms with van der Waals surface area (Å²) >= 11 is 0. The van der Waals surface area contributed by atoms with Crippen molar-refractivity contribution in [1.29, 1.82) is 0 Å². The average molecular weight is 184 g/mol. The van der Waals surface area contributed by atoms with Crippen LogP contribution in [0.3, 0.4) is 0 Å². The molecular formula is C3H5FN2O6. The first kappa shape index (κ1) is 10.3. The molecule has 0 N–H and O–H groups in total. The highest BCUT2D eigenvalue weighted by atomic mass is 19.1. The highest BCUT2D eigenvalue weighted by Gasteiger charge is 2.14. The number of alkyl halides is 1. The second-order valence-corrected chi connectivity index (χ2v) is 1.62. The minimum Gasteiger partial charge on any atom is -0.311 e. The SMILES string of the molecule is O=[N+]([O-])OCC(CF)O[N+](=O)[O-]. The van der Waals surface area contributed by atoms with E-state index >= 15 is 0 Å². The zero-order valence-corrected chi connectivity index (χ0v) is 5.71. The van der Waals surface area contributed by atoms with Crippen LogP contribution in [0.5, 0.6) is 0 Å². The Morgan fingerprint density at radius 2 is 1.92 bits per heavy atom. The van der Waals surface area contributed by atoms with E-state index in [0.717, 1.165) is 0 Å². The maximum absolute atomic E-state index is 11.7. The van der Waals surface area contributed by atoms with E-state index in [4.69, 9.17) is 0 Å². The van der Waals surface area contributed by atoms with Gasteiger partial charge in [-0.1, -0.05) is 0 Å². The standard InChI is InChI=1S/C3H5FN2O6/c4-1-3(12-6(9)10)2-11-5(7)8/h3H,1-2H2. The van der Waals surface area contributed by atoms with Gasteiger partial charge >= 0.3 is 0 Å². The van der Waals surface area contributed by atoms with Gasteiger partial charge in [0.15, 0.2) is 6.10 Å². The molecule has 0 aliphatic carbocycles. The van der Waals surface area contributed by atoms with E-state index in [1.165, 1.54) is 0 Å². The minimum absolute atomic E-state index is 0.801. The molecule has 70 valence electrons. The van der Waals surface area contributed by atoms with Gasteiger partial charge in [-0.2, -0.15) is 0 Å². The first-order valence-corrected chi connectivity index (χ1v) is 2.70. The molecule has 0 heterocycles. The van der Waals surface area contributed by atoms with Crippen molar-refractivity contribution in [3.8, 4) is 0 Å². The van der Waals surface area contributed by atoms with Gasteiger partial charge in [-0.3, -0.25) is 0 Å². The monoisotopic (exact) mass is 184 g/mol. The third kappa shape index (κ3) is 5.14. The lowest BCUT2D eigenvalue weighted by molar-refractivity contribution is -0.790. The zero-order chi connectivity index (χ0) is 9.56. The number of hydrogen-bond acceptors (Lipinski definition) is 6. The highest BCUT2D eigenvalue weighted by molar-refractivity contribution is 4.48. The molecule has 0 fully saturated rings. The van der Waals surface area contributed by atoms with Gasteiger partial charge in [0.25, 0.3) is 10.2 Å². The molecule has 0 aromatic rings. The van der Waals surface area contributed by atoms with Crippen LogP contribution in [0.2, 0.25) is 0 Å². The summed E-state index contributed by atoms with van der Waals surface area (Å²) in [6.07, 6.45) is -1.55. The van der Waals surface area contributed by atoms with Gasteiger partial charge in [-0.25, -0.2) is 4.39 Å². The third-order valence-corrected chi connectivity index (χ3v) is 0.773. The average Bonchev–Trinajstić information content (AvgIpc) is 1.97. The molecule has 0 aromatic heterocycles. The van der Waals surface area contributed by atoms with Crippen molar-refractivity contribution < 1.29 is 24.2 Å². The van der Waals surface area contributed by atoms with Gasteiger partial charge in [-0.15, -0.1) is 20.2 Å². The van der Waals surface area contributed by atoms with Gasteiger partial charge in [0.1, 0.15) is 13.3 Å². The quantitative estimate of drug-likeness (QED) is 0.416. The fraction of sp³-hybridized carbons (Fsp3) is 1.00. The molecule has 1 unspecified atom stereocenters. The fourth-order valence-corrected chi connectivity index (χ4v) is 0.369. The Hall–Kier alpha value is -1.67. The third-order valence-electron chi connectivity index (χ3n) is 0.773. The summed E-state index contributed by atoms with van der Waals surface area (Å²) in [5.74, 6) is 0. The summed E-state index contributed by atoms with van der Waals surface area (Å²) < 4.78 is 11.7. The first-order chi connectivity index (χ1) is 5.56. The molecule has 0 aromatic carbocycles. The fourth-order valence-electron chi connectivity index (χ4n) is 0.369. The molecule has 0 saturated carbocycles. The van der Waals surface area contributed by atoms with E-state index in [9.17, 15) is 24.6 Å². The summed E-state index contributed by atoms with van der Waals surface area (Å²) in [6, 6.07) is 0. The smallest absolute Gasteiger partial charge is 0.294 e. The van der Waals surface area contributed by atoms with Crippen molar-refractivity contribution in [3.05, 3.63) is 20.2 Å². The predicted molar refractivity (Wildman–Crippen MR) is 30.8 cm³/mol. The van der Waals surface area contributed by atoms with Crippen LogP contribution < -0.4 is 0 Å². The number of rotatable bonds is 6. The molecule has 0 saturated heterocycles. The van der Waals surface area contributed by atoms with Crippen LogP contribution in [0, 0.1) is 20.2 Å². The normalized spacial score (nSPS) is 11.8. The van der Waals surface area contributed by atoms with Crippen LogP contribution >= 0.6 is 0 Å². The van der Waals surface area contributed by atoms with Crippen LogP contribution in [-0.2, 0) is 9.68 Å². The van der Waals surface area contributed by atoms with Crippen LogP contribution in [0.25, 0.3) is 0 Å². The van der Waals surface area contributed by atoms with Crippen molar-refractivity contribution in [1.82, 2.24) is 0 Å². The Morgan fingerprint density at radius 3 is 2.25 bits per heavy atom. The number of halogens is 1. The van der Waals surface area contributed by atoms with Gasteiger partial charge < -0.3 is 9.68 Å². The van der Waals surface area contributed by atoms with Crippen molar-refractivity contribution in [3.63, 3.8) is 0 Å². The Kier molecular flexibility index (Phi) is 4.34. The molecule has 0 rings (SSSR count). The Morgan fingerprint density at radius 1 is 1.33 bits per heavy atom. The Balaban J connectivity index is 3.67. The van der Waals surface area contributed by atoms with Crippen molar-refractivity contribution in [2.45, 2.75) is 6.10 Å². The van der Waals surface area contributed by atoms with Crippen molar-refractivity contribution >= 4 is 0 Å². The Bertz CT molecular complexity index is 174. The Labute approximate surface area is 65.1 Å². The molecule has 0 bridgehead atoms. The molecule has 0 radical (unpaired) electrons. The minimum atomic E-state index is -1.55. The first-order valence-electron chi connectivity index (χ1n) is 2.70. The van der Waals surface area contributed by atoms with Crippen molar-refractivity contribution in [2.24, 2.45) is 0 Å². The molecule has 0 spiro atoms. The van der Waals surface area contributed by atoms with E-state index in [1.807, 2.05) is 0 Å². The van der Waals surface area contributed by atoms with Gasteiger partial charge in [0, 0.05) is 0 Å². The van der Waals surface area contributed by atoms with Gasteiger partial charge in [0.2, 0.25) is 0 Å². The summed E-state index contributed by atoms with van der Waals surface area (Å²) in [5.41, 5.74) is 0. The lowest BCUT2D eigenvalue weighted by Crippen LogP contribution is -2.26. The lowest BCUT2D eigenvalue weighted by atomic mass is 10.4. The van der Waals surface area contributed by atoms with Gasteiger partial charge in [0.05, 0.1) is 0 Å². The number of hydrogen-bond donors (Lipinski definition) is 0. The second kappa shape index (κ2) is 5.04. The van der Waals surface area contributed by atoms with E-state index < -0.39 is 29.6 Å². The summed E-state index contributed by atoms with van der Waals surface area (Å²) in [6.45, 7) is -2.03. The summed E-state index contributed by atoms with van der Waals surface area (Å²) in [5, 5.41) is 16.7. The van der Waals surface area contributed by atoms with E-state index in [-0.39, 0.29) is 0 Å². The molecule has 0 aliphatic rings. The maximum Gasteiger partial charge on any atom is 0.294 e. The van der Waals surface area contributed by atoms with Crippen LogP contribution in [0.15, 0.2) is 0 Å². The molecule has 0 amide bonds. The lowest BCUT2D eigenvalue weighted by Gasteiger charge is -2.07. The molecule has 12 heavy (non-hydrogen) atoms. The van der Waals surface area contributed by atoms with E-state index in [0.29, 0.717) is 0 Å². The molecule has 1 atom stereocenters. The van der Waals surface area contributed by atoms with E-state index in [2.05, 4.69) is 9.68 Å². The zero-order valence-electron chi connectivity index (χ0n) is 5.71. The van der Waals surface area contributed by atoms with E-state index in [1.54, 1.807) is 0 Å². The van der Waals surface area contributed by atoms with Crippen LogP contribution in [0.4, 0.5) is 4.39 Å². The summed E-state index contributed by atoms with van der Waals surface area (Å²) in [4.78, 5) is 26.5. The highest BCUT2D eigenvalue weighted by Crippen LogP contribution is 1.94. The maximum atomic E-state index is 11.7. The molecule has 0 aliphatic heterocycles. The predicted octanol–water partition coefficient (Wildman–Crippen LogP) is -0.259. The number of nitrogens with zero attached hydrogens (tertiary/aromatic N) is 2. The molecular weight excluding hydrogens is 179 g/mol. The second-order valence-electron chi connectivity index (χ2n) is 1.62.